The molecule has 1 fully saturated rings. The third kappa shape index (κ3) is 2.61. The van der Waals surface area contributed by atoms with Crippen molar-refractivity contribution in [2.75, 3.05) is 26.0 Å². The van der Waals surface area contributed by atoms with E-state index in [4.69, 9.17) is 4.74 Å². The zero-order valence-electron chi connectivity index (χ0n) is 9.17. The number of nitrogens with zero attached hydrogens (tertiary/aromatic N) is 1. The molecule has 88 valence electrons. The SMILES string of the molecule is CS(=O)(=O)N1CCO[C@@H](c2ccccc2)C1. The van der Waals surface area contributed by atoms with Crippen LogP contribution in [0.1, 0.15) is 11.7 Å². The smallest absolute Gasteiger partial charge is 0.211 e. The Hall–Kier alpha value is -0.910. The highest BCUT2D eigenvalue weighted by atomic mass is 32.2. The summed E-state index contributed by atoms with van der Waals surface area (Å²) in [4.78, 5) is 0. The first-order valence-corrected chi connectivity index (χ1v) is 7.04. The van der Waals surface area contributed by atoms with Crippen molar-refractivity contribution in [2.45, 2.75) is 6.10 Å². The molecule has 1 heterocycles. The van der Waals surface area contributed by atoms with E-state index in [0.29, 0.717) is 19.7 Å². The zero-order chi connectivity index (χ0) is 11.6. The van der Waals surface area contributed by atoms with E-state index >= 15 is 0 Å². The maximum Gasteiger partial charge on any atom is 0.211 e. The van der Waals surface area contributed by atoms with Crippen LogP contribution in [-0.4, -0.2) is 38.7 Å². The van der Waals surface area contributed by atoms with E-state index < -0.39 is 10.0 Å². The molecule has 4 nitrogen and oxygen atoms in total. The van der Waals surface area contributed by atoms with Crippen molar-refractivity contribution in [3.63, 3.8) is 0 Å². The normalized spacial score (nSPS) is 23.2. The molecular formula is C11H15NO3S. The summed E-state index contributed by atoms with van der Waals surface area (Å²) in [6, 6.07) is 9.70. The Bertz CT molecular complexity index is 444. The molecule has 0 aliphatic carbocycles. The topological polar surface area (TPSA) is 46.6 Å². The zero-order valence-corrected chi connectivity index (χ0v) is 9.98. The average Bonchev–Trinajstić information content (AvgIpc) is 2.29. The molecule has 1 saturated heterocycles. The van der Waals surface area contributed by atoms with Gasteiger partial charge in [-0.2, -0.15) is 4.31 Å². The molecule has 0 saturated carbocycles. The molecular weight excluding hydrogens is 226 g/mol. The Kier molecular flexibility index (Phi) is 3.28. The van der Waals surface area contributed by atoms with Gasteiger partial charge in [-0.3, -0.25) is 0 Å². The largest absolute Gasteiger partial charge is 0.371 e. The highest BCUT2D eigenvalue weighted by molar-refractivity contribution is 7.88. The van der Waals surface area contributed by atoms with Gasteiger partial charge >= 0.3 is 0 Å². The van der Waals surface area contributed by atoms with Crippen LogP contribution in [0.15, 0.2) is 30.3 Å². The summed E-state index contributed by atoms with van der Waals surface area (Å²) in [6.07, 6.45) is 1.09. The van der Waals surface area contributed by atoms with Gasteiger partial charge in [0.2, 0.25) is 10.0 Å². The number of benzene rings is 1. The number of hydrogen-bond acceptors (Lipinski definition) is 3. The molecule has 0 aromatic heterocycles. The van der Waals surface area contributed by atoms with Gasteiger partial charge in [0.25, 0.3) is 0 Å². The standard InChI is InChI=1S/C11H15NO3S/c1-16(13,14)12-7-8-15-11(9-12)10-5-3-2-4-6-10/h2-6,11H,7-9H2,1H3/t11-/m1/s1. The molecule has 0 unspecified atom stereocenters. The molecule has 5 heteroatoms. The van der Waals surface area contributed by atoms with Gasteiger partial charge in [0.15, 0.2) is 0 Å². The summed E-state index contributed by atoms with van der Waals surface area (Å²) in [7, 11) is -3.11. The van der Waals surface area contributed by atoms with E-state index in [2.05, 4.69) is 0 Å². The number of sulfonamides is 1. The molecule has 1 aromatic carbocycles. The maximum absolute atomic E-state index is 11.4. The van der Waals surface area contributed by atoms with Crippen molar-refractivity contribution in [2.24, 2.45) is 0 Å². The Labute approximate surface area is 95.9 Å². The van der Waals surface area contributed by atoms with E-state index in [9.17, 15) is 8.42 Å². The second-order valence-electron chi connectivity index (χ2n) is 3.89. The van der Waals surface area contributed by atoms with Crippen LogP contribution >= 0.6 is 0 Å². The Balaban J connectivity index is 2.14. The number of ether oxygens (including phenoxy) is 1. The molecule has 0 radical (unpaired) electrons. The predicted molar refractivity (Wildman–Crippen MR) is 61.6 cm³/mol. The molecule has 0 bridgehead atoms. The van der Waals surface area contributed by atoms with E-state index in [1.807, 2.05) is 30.3 Å². The van der Waals surface area contributed by atoms with Crippen LogP contribution in [0.5, 0.6) is 0 Å². The van der Waals surface area contributed by atoms with Gasteiger partial charge in [0.05, 0.1) is 19.0 Å². The highest BCUT2D eigenvalue weighted by Crippen LogP contribution is 2.22. The van der Waals surface area contributed by atoms with Crippen molar-refractivity contribution in [1.82, 2.24) is 4.31 Å². The first-order valence-electron chi connectivity index (χ1n) is 5.19. The Morgan fingerprint density at radius 1 is 1.31 bits per heavy atom. The molecule has 1 atom stereocenters. The van der Waals surface area contributed by atoms with E-state index in [-0.39, 0.29) is 6.10 Å². The minimum Gasteiger partial charge on any atom is -0.371 e. The fourth-order valence-electron chi connectivity index (χ4n) is 1.80. The summed E-state index contributed by atoms with van der Waals surface area (Å²) in [5.74, 6) is 0. The summed E-state index contributed by atoms with van der Waals surface area (Å²) in [6.45, 7) is 1.30. The molecule has 0 N–H and O–H groups in total. The maximum atomic E-state index is 11.4. The van der Waals surface area contributed by atoms with Gasteiger partial charge in [-0.1, -0.05) is 30.3 Å². The van der Waals surface area contributed by atoms with Gasteiger partial charge in [-0.25, -0.2) is 8.42 Å². The van der Waals surface area contributed by atoms with E-state index in [0.717, 1.165) is 5.56 Å². The molecule has 0 spiro atoms. The van der Waals surface area contributed by atoms with Gasteiger partial charge in [-0.15, -0.1) is 0 Å². The lowest BCUT2D eigenvalue weighted by Gasteiger charge is -2.31. The fraction of sp³-hybridized carbons (Fsp3) is 0.455. The third-order valence-corrected chi connectivity index (χ3v) is 3.94. The van der Waals surface area contributed by atoms with Gasteiger partial charge in [0, 0.05) is 13.1 Å². The molecule has 2 rings (SSSR count). The van der Waals surface area contributed by atoms with Crippen LogP contribution in [0.25, 0.3) is 0 Å². The van der Waals surface area contributed by atoms with Crippen LogP contribution in [0.2, 0.25) is 0 Å². The number of morpholine rings is 1. The first-order chi connectivity index (χ1) is 7.57. The van der Waals surface area contributed by atoms with Crippen molar-refractivity contribution in [3.8, 4) is 0 Å². The van der Waals surface area contributed by atoms with Crippen LogP contribution in [0.4, 0.5) is 0 Å². The van der Waals surface area contributed by atoms with E-state index in [1.165, 1.54) is 10.6 Å². The minimum absolute atomic E-state index is 0.148. The van der Waals surface area contributed by atoms with Gasteiger partial charge < -0.3 is 4.74 Å². The Morgan fingerprint density at radius 2 is 2.00 bits per heavy atom. The Morgan fingerprint density at radius 3 is 2.62 bits per heavy atom. The number of hydrogen-bond donors (Lipinski definition) is 0. The summed E-state index contributed by atoms with van der Waals surface area (Å²) >= 11 is 0. The quantitative estimate of drug-likeness (QED) is 0.776. The number of rotatable bonds is 2. The summed E-state index contributed by atoms with van der Waals surface area (Å²) in [5.41, 5.74) is 1.02. The molecule has 1 aromatic rings. The minimum atomic E-state index is -3.11. The van der Waals surface area contributed by atoms with Crippen LogP contribution in [0, 0.1) is 0 Å². The lowest BCUT2D eigenvalue weighted by atomic mass is 10.1. The van der Waals surface area contributed by atoms with Crippen molar-refractivity contribution >= 4 is 10.0 Å². The van der Waals surface area contributed by atoms with Crippen molar-refractivity contribution < 1.29 is 13.2 Å². The second kappa shape index (κ2) is 4.53. The molecule has 1 aliphatic heterocycles. The van der Waals surface area contributed by atoms with E-state index in [1.54, 1.807) is 0 Å². The summed E-state index contributed by atoms with van der Waals surface area (Å²) in [5, 5.41) is 0. The van der Waals surface area contributed by atoms with Crippen LogP contribution in [0.3, 0.4) is 0 Å². The second-order valence-corrected chi connectivity index (χ2v) is 5.87. The van der Waals surface area contributed by atoms with Crippen LogP contribution < -0.4 is 0 Å². The average molecular weight is 241 g/mol. The van der Waals surface area contributed by atoms with Crippen molar-refractivity contribution in [1.29, 1.82) is 0 Å². The van der Waals surface area contributed by atoms with Gasteiger partial charge in [-0.05, 0) is 5.56 Å². The highest BCUT2D eigenvalue weighted by Gasteiger charge is 2.27. The monoisotopic (exact) mass is 241 g/mol. The van der Waals surface area contributed by atoms with Gasteiger partial charge in [0.1, 0.15) is 0 Å². The van der Waals surface area contributed by atoms with Crippen molar-refractivity contribution in [3.05, 3.63) is 35.9 Å². The molecule has 1 aliphatic rings. The lowest BCUT2D eigenvalue weighted by molar-refractivity contribution is -0.00234. The van der Waals surface area contributed by atoms with Crippen LogP contribution in [-0.2, 0) is 14.8 Å². The lowest BCUT2D eigenvalue weighted by Crippen LogP contribution is -2.41. The predicted octanol–water partition coefficient (Wildman–Crippen LogP) is 1.02. The first kappa shape index (κ1) is 11.6. The molecule has 0 amide bonds. The summed E-state index contributed by atoms with van der Waals surface area (Å²) < 4.78 is 29.9. The fourth-order valence-corrected chi connectivity index (χ4v) is 2.61. The third-order valence-electron chi connectivity index (χ3n) is 2.67. The molecule has 16 heavy (non-hydrogen) atoms.